The van der Waals surface area contributed by atoms with Gasteiger partial charge in [-0.2, -0.15) is 14.4 Å². The van der Waals surface area contributed by atoms with Gasteiger partial charge in [0.05, 0.1) is 6.33 Å². The lowest BCUT2D eigenvalue weighted by molar-refractivity contribution is -0.0298. The Labute approximate surface area is 149 Å². The zero-order valence-electron chi connectivity index (χ0n) is 13.5. The lowest BCUT2D eigenvalue weighted by atomic mass is 10.2. The molecule has 0 saturated carbocycles. The van der Waals surface area contributed by atoms with Crippen LogP contribution in [0.5, 0.6) is 0 Å². The fourth-order valence-corrected chi connectivity index (χ4v) is 3.19. The lowest BCUT2D eigenvalue weighted by Crippen LogP contribution is -2.18. The van der Waals surface area contributed by atoms with Crippen molar-refractivity contribution in [2.75, 3.05) is 11.9 Å². The van der Waals surface area contributed by atoms with Gasteiger partial charge < -0.3 is 10.1 Å². The highest BCUT2D eigenvalue weighted by molar-refractivity contribution is 6.31. The smallest absolute Gasteiger partial charge is 0.312 e. The summed E-state index contributed by atoms with van der Waals surface area (Å²) < 4.78 is 21.5. The number of imidazole rings is 1. The van der Waals surface area contributed by atoms with E-state index in [2.05, 4.69) is 20.3 Å². The van der Waals surface area contributed by atoms with E-state index in [0.29, 0.717) is 35.2 Å². The summed E-state index contributed by atoms with van der Waals surface area (Å²) in [5.41, 5.74) is 1.84. The van der Waals surface area contributed by atoms with Crippen LogP contribution in [0.25, 0.3) is 11.2 Å². The van der Waals surface area contributed by atoms with Crippen molar-refractivity contribution in [2.45, 2.75) is 32.0 Å². The number of nitrogens with zero attached hydrogens (tertiary/aromatic N) is 4. The number of halogens is 2. The molecule has 0 amide bonds. The molecular formula is C17H17ClFN5O. The number of nitrogens with one attached hydrogen (secondary N) is 1. The van der Waals surface area contributed by atoms with E-state index in [0.717, 1.165) is 24.8 Å². The van der Waals surface area contributed by atoms with Crippen LogP contribution in [-0.2, 0) is 11.3 Å². The third-order valence-corrected chi connectivity index (χ3v) is 4.63. The number of aromatic nitrogens is 4. The summed E-state index contributed by atoms with van der Waals surface area (Å²) in [4.78, 5) is 12.1. The maximum Gasteiger partial charge on any atom is 0.312 e. The van der Waals surface area contributed by atoms with Crippen molar-refractivity contribution in [3.8, 4) is 0 Å². The molecule has 8 heteroatoms. The average molecular weight is 362 g/mol. The first kappa shape index (κ1) is 16.2. The molecule has 1 fully saturated rings. The minimum Gasteiger partial charge on any atom is -0.364 e. The van der Waals surface area contributed by atoms with E-state index in [4.69, 9.17) is 16.3 Å². The average Bonchev–Trinajstić information content (AvgIpc) is 3.05. The fraction of sp³-hybridized carbons (Fsp3) is 0.353. The second-order valence-corrected chi connectivity index (χ2v) is 6.34. The van der Waals surface area contributed by atoms with Crippen LogP contribution in [0.2, 0.25) is 5.02 Å². The zero-order valence-corrected chi connectivity index (χ0v) is 14.2. The van der Waals surface area contributed by atoms with E-state index in [1.54, 1.807) is 10.9 Å². The maximum absolute atomic E-state index is 14.0. The number of hydrogen-bond donors (Lipinski definition) is 1. The highest BCUT2D eigenvalue weighted by Crippen LogP contribution is 2.28. The second-order valence-electron chi connectivity index (χ2n) is 5.93. The number of benzene rings is 1. The Kier molecular flexibility index (Phi) is 4.50. The van der Waals surface area contributed by atoms with E-state index in [-0.39, 0.29) is 6.23 Å². The summed E-state index contributed by atoms with van der Waals surface area (Å²) in [6.45, 7) is 1.10. The molecule has 1 N–H and O–H groups in total. The summed E-state index contributed by atoms with van der Waals surface area (Å²) in [5, 5.41) is 3.75. The highest BCUT2D eigenvalue weighted by atomic mass is 35.5. The molecule has 1 aromatic carbocycles. The summed E-state index contributed by atoms with van der Waals surface area (Å²) >= 11 is 6.16. The van der Waals surface area contributed by atoms with E-state index >= 15 is 0 Å². The van der Waals surface area contributed by atoms with Crippen molar-refractivity contribution in [1.29, 1.82) is 0 Å². The SMILES string of the molecule is Fc1nc(NCc2ccccc2Cl)c2ncn(C3CCCCO3)c2n1. The van der Waals surface area contributed by atoms with Crippen LogP contribution in [-0.4, -0.2) is 26.1 Å². The summed E-state index contributed by atoms with van der Waals surface area (Å²) in [6.07, 6.45) is 3.64. The predicted molar refractivity (Wildman–Crippen MR) is 92.9 cm³/mol. The molecule has 6 nitrogen and oxygen atoms in total. The van der Waals surface area contributed by atoms with Gasteiger partial charge in [-0.1, -0.05) is 29.8 Å². The Bertz CT molecular complexity index is 894. The van der Waals surface area contributed by atoms with E-state index in [1.165, 1.54) is 0 Å². The number of ether oxygens (including phenoxy) is 1. The number of hydrogen-bond acceptors (Lipinski definition) is 5. The molecule has 1 unspecified atom stereocenters. The third kappa shape index (κ3) is 3.29. The Morgan fingerprint density at radius 1 is 1.28 bits per heavy atom. The summed E-state index contributed by atoms with van der Waals surface area (Å²) in [7, 11) is 0. The monoisotopic (exact) mass is 361 g/mol. The molecule has 3 heterocycles. The normalized spacial score (nSPS) is 17.8. The van der Waals surface area contributed by atoms with E-state index in [1.807, 2.05) is 24.3 Å². The van der Waals surface area contributed by atoms with Gasteiger partial charge in [-0.3, -0.25) is 4.57 Å². The molecule has 0 radical (unpaired) electrons. The maximum atomic E-state index is 14.0. The molecule has 1 atom stereocenters. The van der Waals surface area contributed by atoms with Crippen LogP contribution in [0.3, 0.4) is 0 Å². The molecule has 0 spiro atoms. The molecule has 4 rings (SSSR count). The first-order valence-corrected chi connectivity index (χ1v) is 8.59. The predicted octanol–water partition coefficient (Wildman–Crippen LogP) is 3.93. The fourth-order valence-electron chi connectivity index (χ4n) is 2.99. The lowest BCUT2D eigenvalue weighted by Gasteiger charge is -2.23. The van der Waals surface area contributed by atoms with Gasteiger partial charge in [0.15, 0.2) is 17.0 Å². The van der Waals surface area contributed by atoms with E-state index < -0.39 is 6.08 Å². The van der Waals surface area contributed by atoms with Crippen LogP contribution < -0.4 is 5.32 Å². The second kappa shape index (κ2) is 6.93. The first-order chi connectivity index (χ1) is 12.2. The van der Waals surface area contributed by atoms with Gasteiger partial charge in [-0.25, -0.2) is 4.98 Å². The number of anilines is 1. The Hall–Kier alpha value is -2.25. The Balaban J connectivity index is 1.65. The van der Waals surface area contributed by atoms with Crippen molar-refractivity contribution in [2.24, 2.45) is 0 Å². The van der Waals surface area contributed by atoms with Crippen molar-refractivity contribution >= 4 is 28.6 Å². The summed E-state index contributed by atoms with van der Waals surface area (Å²) in [6, 6.07) is 7.47. The first-order valence-electron chi connectivity index (χ1n) is 8.21. The van der Waals surface area contributed by atoms with Gasteiger partial charge in [0.1, 0.15) is 6.23 Å². The molecule has 130 valence electrons. The van der Waals surface area contributed by atoms with Crippen LogP contribution in [0.1, 0.15) is 31.1 Å². The standard InChI is InChI=1S/C17H17ClFN5O/c18-12-6-2-1-5-11(12)9-20-15-14-16(23-17(19)22-15)24(10-21-14)13-7-3-4-8-25-13/h1-2,5-6,10,13H,3-4,7-9H2,(H,20,22,23). The molecule has 3 aromatic rings. The largest absolute Gasteiger partial charge is 0.364 e. The van der Waals surface area contributed by atoms with Crippen molar-refractivity contribution in [1.82, 2.24) is 19.5 Å². The van der Waals surface area contributed by atoms with Gasteiger partial charge in [0.2, 0.25) is 0 Å². The Morgan fingerprint density at radius 2 is 2.16 bits per heavy atom. The minimum atomic E-state index is -0.799. The molecular weight excluding hydrogens is 345 g/mol. The minimum absolute atomic E-state index is 0.163. The molecule has 25 heavy (non-hydrogen) atoms. The molecule has 0 aliphatic carbocycles. The Morgan fingerprint density at radius 3 is 2.96 bits per heavy atom. The van der Waals surface area contributed by atoms with Crippen molar-refractivity contribution < 1.29 is 9.13 Å². The van der Waals surface area contributed by atoms with E-state index in [9.17, 15) is 4.39 Å². The number of fused-ring (bicyclic) bond motifs is 1. The zero-order chi connectivity index (χ0) is 17.2. The van der Waals surface area contributed by atoms with Gasteiger partial charge in [0, 0.05) is 18.2 Å². The molecule has 1 saturated heterocycles. The van der Waals surface area contributed by atoms with Gasteiger partial charge in [-0.05, 0) is 30.9 Å². The summed E-state index contributed by atoms with van der Waals surface area (Å²) in [5.74, 6) is 0.344. The van der Waals surface area contributed by atoms with Gasteiger partial charge in [-0.15, -0.1) is 0 Å². The molecule has 2 aromatic heterocycles. The van der Waals surface area contributed by atoms with Crippen LogP contribution >= 0.6 is 11.6 Å². The van der Waals surface area contributed by atoms with Crippen LogP contribution in [0.15, 0.2) is 30.6 Å². The topological polar surface area (TPSA) is 64.9 Å². The molecule has 1 aliphatic heterocycles. The molecule has 1 aliphatic rings. The van der Waals surface area contributed by atoms with Gasteiger partial charge >= 0.3 is 6.08 Å². The van der Waals surface area contributed by atoms with Crippen molar-refractivity contribution in [3.05, 3.63) is 47.3 Å². The quantitative estimate of drug-likeness (QED) is 0.713. The highest BCUT2D eigenvalue weighted by Gasteiger charge is 2.21. The molecule has 0 bridgehead atoms. The third-order valence-electron chi connectivity index (χ3n) is 4.26. The number of rotatable bonds is 4. The van der Waals surface area contributed by atoms with Gasteiger partial charge in [0.25, 0.3) is 0 Å². The van der Waals surface area contributed by atoms with Crippen molar-refractivity contribution in [3.63, 3.8) is 0 Å². The van der Waals surface area contributed by atoms with Crippen LogP contribution in [0, 0.1) is 6.08 Å². The van der Waals surface area contributed by atoms with Crippen LogP contribution in [0.4, 0.5) is 10.2 Å².